The first-order chi connectivity index (χ1) is 23.9. The first kappa shape index (κ1) is 42.0. The van der Waals surface area contributed by atoms with E-state index in [0.717, 1.165) is 16.2 Å². The van der Waals surface area contributed by atoms with Gasteiger partial charge in [0.2, 0.25) is 0 Å². The average Bonchev–Trinajstić information content (AvgIpc) is 3.24. The van der Waals surface area contributed by atoms with Crippen LogP contribution in [0, 0.1) is 0 Å². The minimum absolute atomic E-state index is 0.130. The number of halogens is 6. The van der Waals surface area contributed by atoms with Crippen molar-refractivity contribution >= 4 is 61.0 Å². The second kappa shape index (κ2) is 15.9. The van der Waals surface area contributed by atoms with Crippen molar-refractivity contribution in [1.82, 2.24) is 10.2 Å². The Kier molecular flexibility index (Phi) is 12.9. The highest BCUT2D eigenvalue weighted by molar-refractivity contribution is 8.00. The molecule has 0 unspecified atom stereocenters. The van der Waals surface area contributed by atoms with E-state index in [-0.39, 0.29) is 38.4 Å². The van der Waals surface area contributed by atoms with Gasteiger partial charge in [0, 0.05) is 32.7 Å². The van der Waals surface area contributed by atoms with E-state index >= 15 is 0 Å². The summed E-state index contributed by atoms with van der Waals surface area (Å²) < 4.78 is 92.5. The van der Waals surface area contributed by atoms with Crippen molar-refractivity contribution in [3.8, 4) is 11.3 Å². The molecule has 3 aromatic carbocycles. The number of thioether (sulfide) groups is 2. The van der Waals surface area contributed by atoms with Gasteiger partial charge in [0.25, 0.3) is 0 Å². The van der Waals surface area contributed by atoms with Crippen molar-refractivity contribution in [3.05, 3.63) is 72.8 Å². The van der Waals surface area contributed by atoms with Gasteiger partial charge in [-0.05, 0) is 99.1 Å². The van der Waals surface area contributed by atoms with Crippen LogP contribution in [-0.2, 0) is 13.7 Å². The van der Waals surface area contributed by atoms with Gasteiger partial charge in [0.1, 0.15) is 5.69 Å². The van der Waals surface area contributed by atoms with Crippen molar-refractivity contribution in [2.75, 3.05) is 18.5 Å². The summed E-state index contributed by atoms with van der Waals surface area (Å²) in [6.45, 7) is 20.0. The lowest BCUT2D eigenvalue weighted by molar-refractivity contribution is -0.0337. The molecule has 2 heterocycles. The zero-order valence-electron chi connectivity index (χ0n) is 30.6. The zero-order valence-corrected chi connectivity index (χ0v) is 33.3. The molecular weight excluding hydrogens is 739 g/mol. The molecule has 0 saturated carbocycles. The summed E-state index contributed by atoms with van der Waals surface area (Å²) >= 11 is -0.260. The summed E-state index contributed by atoms with van der Waals surface area (Å²) in [5, 5.41) is 14.0. The number of hydrogen-bond donors (Lipinski definition) is 1. The van der Waals surface area contributed by atoms with Crippen molar-refractivity contribution in [3.63, 3.8) is 0 Å². The van der Waals surface area contributed by atoms with E-state index in [2.05, 4.69) is 49.4 Å². The van der Waals surface area contributed by atoms with Crippen molar-refractivity contribution in [2.24, 2.45) is 0 Å². The van der Waals surface area contributed by atoms with E-state index in [1.54, 1.807) is 24.3 Å². The molecule has 282 valence electrons. The topological polar surface area (TPSA) is 65.5 Å². The third-order valence-corrected chi connectivity index (χ3v) is 15.4. The maximum atomic E-state index is 12.6. The van der Waals surface area contributed by atoms with Gasteiger partial charge in [-0.15, -0.1) is 10.2 Å². The molecule has 1 aliphatic rings. The van der Waals surface area contributed by atoms with Crippen LogP contribution in [0.3, 0.4) is 0 Å². The lowest BCUT2D eigenvalue weighted by atomic mass is 9.79. The second-order valence-electron chi connectivity index (χ2n) is 14.8. The Balaban J connectivity index is 0.000000259. The van der Waals surface area contributed by atoms with Gasteiger partial charge in [0.05, 0.1) is 17.8 Å². The predicted octanol–water partition coefficient (Wildman–Crippen LogP) is 10.9. The van der Waals surface area contributed by atoms with Crippen LogP contribution in [0.4, 0.5) is 32.2 Å². The smallest absolute Gasteiger partial charge is 0.415 e. The standard InChI is InChI=1S/C23H28F3N3OSSi.C13H16BF3O2S/c1-22(2,3)32(4,5)30-15-14-27-21-19-9-7-6-8-18(19)20(28-29-21)16-10-12-17(13-11-16)31-23(24,25)26;1-11(2)12(3,4)19-14(18-11)9-5-7-10(8-6-9)20-13(15,16)17/h6-13H,14-15H2,1-5H3,(H,27,29);5-8H,1-4H3. The summed E-state index contributed by atoms with van der Waals surface area (Å²) in [5.74, 6) is 0.660. The van der Waals surface area contributed by atoms with E-state index in [0.29, 0.717) is 30.2 Å². The first-order valence-electron chi connectivity index (χ1n) is 16.6. The molecule has 5 rings (SSSR count). The highest BCUT2D eigenvalue weighted by Crippen LogP contribution is 2.40. The third-order valence-electron chi connectivity index (χ3n) is 9.35. The first-order valence-corrected chi connectivity index (χ1v) is 21.1. The lowest BCUT2D eigenvalue weighted by Crippen LogP contribution is -2.41. The van der Waals surface area contributed by atoms with Gasteiger partial charge in [-0.2, -0.15) is 26.3 Å². The number of anilines is 1. The van der Waals surface area contributed by atoms with Crippen LogP contribution in [-0.4, -0.2) is 61.0 Å². The van der Waals surface area contributed by atoms with Crippen LogP contribution in [0.5, 0.6) is 0 Å². The Morgan fingerprint density at radius 1 is 0.731 bits per heavy atom. The molecule has 1 aliphatic heterocycles. The summed E-state index contributed by atoms with van der Waals surface area (Å²) in [6.07, 6.45) is 0. The van der Waals surface area contributed by atoms with Crippen molar-refractivity contribution < 1.29 is 40.1 Å². The fourth-order valence-electron chi connectivity index (χ4n) is 4.76. The van der Waals surface area contributed by atoms with Crippen LogP contribution in [0.1, 0.15) is 48.5 Å². The summed E-state index contributed by atoms with van der Waals surface area (Å²) in [6, 6.07) is 20.0. The van der Waals surface area contributed by atoms with E-state index in [4.69, 9.17) is 13.7 Å². The fourth-order valence-corrected chi connectivity index (χ4v) is 6.88. The number of nitrogens with zero attached hydrogens (tertiary/aromatic N) is 2. The van der Waals surface area contributed by atoms with E-state index in [9.17, 15) is 26.3 Å². The molecule has 52 heavy (non-hydrogen) atoms. The molecule has 0 bridgehead atoms. The second-order valence-corrected chi connectivity index (χ2v) is 21.8. The van der Waals surface area contributed by atoms with Gasteiger partial charge in [-0.3, -0.25) is 0 Å². The van der Waals surface area contributed by atoms with Gasteiger partial charge in [0.15, 0.2) is 14.1 Å². The van der Waals surface area contributed by atoms with Crippen molar-refractivity contribution in [1.29, 1.82) is 0 Å². The SMILES string of the molecule is CC(C)(C)[Si](C)(C)OCCNc1nnc(-c2ccc(SC(F)(F)F)cc2)c2ccccc12.CC1(C)OB(c2ccc(SC(F)(F)F)cc2)OC1(C)C. The number of benzene rings is 3. The number of hydrogen-bond acceptors (Lipinski definition) is 8. The third kappa shape index (κ3) is 11.1. The monoisotopic (exact) mass is 783 g/mol. The molecular formula is C36H44BF6N3O3S2Si. The number of alkyl halides is 6. The highest BCUT2D eigenvalue weighted by atomic mass is 32.2. The molecule has 1 aromatic heterocycles. The summed E-state index contributed by atoms with van der Waals surface area (Å²) in [4.78, 5) is 0.288. The van der Waals surface area contributed by atoms with Crippen LogP contribution < -0.4 is 10.8 Å². The molecule has 1 N–H and O–H groups in total. The minimum atomic E-state index is -4.31. The molecule has 0 radical (unpaired) electrons. The molecule has 0 aliphatic carbocycles. The average molecular weight is 784 g/mol. The predicted molar refractivity (Wildman–Crippen MR) is 203 cm³/mol. The largest absolute Gasteiger partial charge is 0.494 e. The Morgan fingerprint density at radius 2 is 1.21 bits per heavy atom. The minimum Gasteiger partial charge on any atom is -0.415 e. The van der Waals surface area contributed by atoms with E-state index < -0.39 is 37.7 Å². The van der Waals surface area contributed by atoms with E-state index in [1.165, 1.54) is 24.3 Å². The fraction of sp³-hybridized carbons (Fsp3) is 0.444. The maximum Gasteiger partial charge on any atom is 0.494 e. The van der Waals surface area contributed by atoms with E-state index in [1.807, 2.05) is 52.0 Å². The Bertz CT molecular complexity index is 1790. The Morgan fingerprint density at radius 3 is 1.69 bits per heavy atom. The quantitative estimate of drug-likeness (QED) is 0.0779. The molecule has 4 aromatic rings. The van der Waals surface area contributed by atoms with Gasteiger partial charge in [-0.25, -0.2) is 0 Å². The molecule has 1 saturated heterocycles. The van der Waals surface area contributed by atoms with Crippen LogP contribution in [0.15, 0.2) is 82.6 Å². The van der Waals surface area contributed by atoms with Gasteiger partial charge < -0.3 is 19.1 Å². The molecule has 1 fully saturated rings. The number of aromatic nitrogens is 2. The Hall–Kier alpha value is -2.76. The van der Waals surface area contributed by atoms with Crippen LogP contribution in [0.2, 0.25) is 18.1 Å². The summed E-state index contributed by atoms with van der Waals surface area (Å²) in [7, 11) is -2.37. The molecule has 16 heteroatoms. The lowest BCUT2D eigenvalue weighted by Gasteiger charge is -2.36. The molecule has 0 spiro atoms. The van der Waals surface area contributed by atoms with Gasteiger partial charge >= 0.3 is 18.1 Å². The number of nitrogens with one attached hydrogen (secondary N) is 1. The van der Waals surface area contributed by atoms with Gasteiger partial charge in [-0.1, -0.05) is 69.3 Å². The maximum absolute atomic E-state index is 12.6. The zero-order chi connectivity index (χ0) is 38.8. The molecule has 6 nitrogen and oxygen atoms in total. The van der Waals surface area contributed by atoms with Crippen LogP contribution in [0.25, 0.3) is 22.0 Å². The molecule has 0 amide bonds. The molecule has 0 atom stereocenters. The Labute approximate surface area is 311 Å². The van der Waals surface area contributed by atoms with Crippen LogP contribution >= 0.6 is 23.5 Å². The number of fused-ring (bicyclic) bond motifs is 1. The normalized spacial score (nSPS) is 16.1. The highest BCUT2D eigenvalue weighted by Gasteiger charge is 2.51. The summed E-state index contributed by atoms with van der Waals surface area (Å²) in [5.41, 5.74) is -7.44. The van der Waals surface area contributed by atoms with Crippen molar-refractivity contribution in [2.45, 2.75) is 98.6 Å². The number of rotatable bonds is 9.